The number of ether oxygens (including phenoxy) is 1. The second-order valence-electron chi connectivity index (χ2n) is 5.41. The van der Waals surface area contributed by atoms with E-state index >= 15 is 0 Å². The van der Waals surface area contributed by atoms with Crippen LogP contribution in [0.25, 0.3) is 10.3 Å². The minimum Gasteiger partial charge on any atom is -0.378 e. The molecule has 1 fully saturated rings. The number of hydrogen-bond acceptors (Lipinski definition) is 6. The van der Waals surface area contributed by atoms with Gasteiger partial charge < -0.3 is 14.2 Å². The van der Waals surface area contributed by atoms with Crippen LogP contribution in [0.3, 0.4) is 0 Å². The van der Waals surface area contributed by atoms with Gasteiger partial charge in [0.05, 0.1) is 19.8 Å². The fourth-order valence-corrected chi connectivity index (χ4v) is 3.68. The summed E-state index contributed by atoms with van der Waals surface area (Å²) in [5, 5.41) is 0.871. The highest BCUT2D eigenvalue weighted by molar-refractivity contribution is 7.22. The van der Waals surface area contributed by atoms with Crippen molar-refractivity contribution in [2.75, 3.05) is 31.2 Å². The first-order valence-corrected chi connectivity index (χ1v) is 8.35. The zero-order chi connectivity index (χ0) is 15.6. The summed E-state index contributed by atoms with van der Waals surface area (Å²) >= 11 is 1.42. The molecule has 0 bridgehead atoms. The van der Waals surface area contributed by atoms with E-state index in [9.17, 15) is 4.79 Å². The summed E-state index contributed by atoms with van der Waals surface area (Å²) in [5.41, 5.74) is 1.65. The quantitative estimate of drug-likeness (QED) is 0.733. The second kappa shape index (κ2) is 6.10. The molecule has 3 aromatic rings. The Balaban J connectivity index is 1.75. The highest BCUT2D eigenvalue weighted by atomic mass is 32.1. The molecule has 2 aromatic heterocycles. The molecule has 118 valence electrons. The standard InChI is InChI=1S/C16H16N4O2S/c21-15-13-14(18-16(23-13)19-6-8-22-9-7-19)20(11-17-15)10-12-4-2-1-3-5-12/h1-5,11H,6-10H2. The van der Waals surface area contributed by atoms with E-state index in [0.717, 1.165) is 23.8 Å². The molecule has 7 heteroatoms. The Hall–Kier alpha value is -2.25. The average molecular weight is 328 g/mol. The van der Waals surface area contributed by atoms with Crippen LogP contribution in [0.2, 0.25) is 0 Å². The molecule has 1 aliphatic heterocycles. The summed E-state index contributed by atoms with van der Waals surface area (Å²) in [6.07, 6.45) is 1.58. The minimum atomic E-state index is -0.207. The lowest BCUT2D eigenvalue weighted by Gasteiger charge is -2.25. The number of fused-ring (bicyclic) bond motifs is 1. The lowest BCUT2D eigenvalue weighted by Crippen LogP contribution is -2.36. The van der Waals surface area contributed by atoms with Gasteiger partial charge in [0, 0.05) is 13.1 Å². The SMILES string of the molecule is O=c1ncn(Cc2ccccc2)c2nc(N3CCOCC3)sc12. The van der Waals surface area contributed by atoms with Crippen LogP contribution < -0.4 is 10.5 Å². The Labute approximate surface area is 137 Å². The Kier molecular flexibility index (Phi) is 3.80. The zero-order valence-corrected chi connectivity index (χ0v) is 13.3. The number of thiazole rings is 1. The van der Waals surface area contributed by atoms with Crippen molar-refractivity contribution in [3.05, 3.63) is 52.6 Å². The summed E-state index contributed by atoms with van der Waals surface area (Å²) in [7, 11) is 0. The Morgan fingerprint density at radius 1 is 1.17 bits per heavy atom. The van der Waals surface area contributed by atoms with Crippen molar-refractivity contribution in [1.29, 1.82) is 0 Å². The van der Waals surface area contributed by atoms with E-state index in [1.807, 2.05) is 22.8 Å². The van der Waals surface area contributed by atoms with Gasteiger partial charge in [-0.15, -0.1) is 0 Å². The number of morpholine rings is 1. The fraction of sp³-hybridized carbons (Fsp3) is 0.312. The Morgan fingerprint density at radius 3 is 2.74 bits per heavy atom. The first-order valence-electron chi connectivity index (χ1n) is 7.54. The molecule has 0 amide bonds. The summed E-state index contributed by atoms with van der Waals surface area (Å²) in [6.45, 7) is 3.65. The van der Waals surface area contributed by atoms with E-state index in [4.69, 9.17) is 9.72 Å². The van der Waals surface area contributed by atoms with Crippen LogP contribution in [-0.4, -0.2) is 40.8 Å². The third-order valence-electron chi connectivity index (χ3n) is 3.86. The smallest absolute Gasteiger partial charge is 0.292 e. The molecule has 1 saturated heterocycles. The highest BCUT2D eigenvalue weighted by Gasteiger charge is 2.18. The van der Waals surface area contributed by atoms with Gasteiger partial charge in [-0.05, 0) is 5.56 Å². The van der Waals surface area contributed by atoms with Gasteiger partial charge in [-0.3, -0.25) is 4.79 Å². The Bertz CT molecular complexity index is 869. The maximum Gasteiger partial charge on any atom is 0.292 e. The van der Waals surface area contributed by atoms with Gasteiger partial charge in [-0.25, -0.2) is 4.98 Å². The van der Waals surface area contributed by atoms with Crippen molar-refractivity contribution in [3.63, 3.8) is 0 Å². The normalized spacial score (nSPS) is 15.2. The van der Waals surface area contributed by atoms with E-state index in [1.165, 1.54) is 11.3 Å². The van der Waals surface area contributed by atoms with Gasteiger partial charge in [-0.2, -0.15) is 4.98 Å². The monoisotopic (exact) mass is 328 g/mol. The van der Waals surface area contributed by atoms with E-state index in [1.54, 1.807) is 6.33 Å². The molecular weight excluding hydrogens is 312 g/mol. The van der Waals surface area contributed by atoms with Crippen LogP contribution in [0.15, 0.2) is 41.5 Å². The van der Waals surface area contributed by atoms with Gasteiger partial charge in [0.1, 0.15) is 11.0 Å². The maximum absolute atomic E-state index is 12.1. The number of aromatic nitrogens is 3. The van der Waals surface area contributed by atoms with Gasteiger partial charge in [0.15, 0.2) is 10.8 Å². The van der Waals surface area contributed by atoms with Crippen molar-refractivity contribution < 1.29 is 4.74 Å². The lowest BCUT2D eigenvalue weighted by atomic mass is 10.2. The predicted octanol–water partition coefficient (Wildman–Crippen LogP) is 1.74. The molecule has 3 heterocycles. The first-order chi connectivity index (χ1) is 11.3. The molecule has 23 heavy (non-hydrogen) atoms. The van der Waals surface area contributed by atoms with Gasteiger partial charge in [0.2, 0.25) is 0 Å². The number of anilines is 1. The summed E-state index contributed by atoms with van der Waals surface area (Å²) in [4.78, 5) is 23.0. The molecule has 0 spiro atoms. The summed E-state index contributed by atoms with van der Waals surface area (Å²) in [5.74, 6) is 0. The molecule has 0 saturated carbocycles. The van der Waals surface area contributed by atoms with E-state index < -0.39 is 0 Å². The third kappa shape index (κ3) is 2.85. The maximum atomic E-state index is 12.1. The van der Waals surface area contributed by atoms with Crippen molar-refractivity contribution in [1.82, 2.24) is 14.5 Å². The van der Waals surface area contributed by atoms with Gasteiger partial charge in [0.25, 0.3) is 5.56 Å². The average Bonchev–Trinajstić information content (AvgIpc) is 3.06. The van der Waals surface area contributed by atoms with Crippen LogP contribution in [0, 0.1) is 0 Å². The summed E-state index contributed by atoms with van der Waals surface area (Å²) < 4.78 is 7.93. The molecule has 1 aromatic carbocycles. The number of hydrogen-bond donors (Lipinski definition) is 0. The number of rotatable bonds is 3. The fourth-order valence-electron chi connectivity index (χ4n) is 2.66. The molecule has 1 aliphatic rings. The molecule has 0 unspecified atom stereocenters. The number of nitrogens with zero attached hydrogens (tertiary/aromatic N) is 4. The molecule has 0 atom stereocenters. The second-order valence-corrected chi connectivity index (χ2v) is 6.39. The van der Waals surface area contributed by atoms with Crippen LogP contribution in [0.4, 0.5) is 5.13 Å². The predicted molar refractivity (Wildman–Crippen MR) is 90.3 cm³/mol. The minimum absolute atomic E-state index is 0.207. The molecule has 0 aliphatic carbocycles. The van der Waals surface area contributed by atoms with Crippen LogP contribution in [0.1, 0.15) is 5.56 Å². The van der Waals surface area contributed by atoms with Crippen molar-refractivity contribution >= 4 is 26.8 Å². The molecule has 6 nitrogen and oxygen atoms in total. The van der Waals surface area contributed by atoms with Gasteiger partial charge in [-0.1, -0.05) is 41.7 Å². The van der Waals surface area contributed by atoms with E-state index in [0.29, 0.717) is 30.1 Å². The molecule has 0 radical (unpaired) electrons. The molecular formula is C16H16N4O2S. The summed E-state index contributed by atoms with van der Waals surface area (Å²) in [6, 6.07) is 10.1. The highest BCUT2D eigenvalue weighted by Crippen LogP contribution is 2.27. The van der Waals surface area contributed by atoms with Crippen molar-refractivity contribution in [2.45, 2.75) is 6.54 Å². The third-order valence-corrected chi connectivity index (χ3v) is 4.95. The largest absolute Gasteiger partial charge is 0.378 e. The first kappa shape index (κ1) is 14.3. The topological polar surface area (TPSA) is 60.2 Å². The van der Waals surface area contributed by atoms with Crippen molar-refractivity contribution in [3.8, 4) is 0 Å². The van der Waals surface area contributed by atoms with Crippen molar-refractivity contribution in [2.24, 2.45) is 0 Å². The Morgan fingerprint density at radius 2 is 1.96 bits per heavy atom. The number of benzene rings is 1. The lowest BCUT2D eigenvalue weighted by molar-refractivity contribution is 0.122. The van der Waals surface area contributed by atoms with Crippen LogP contribution >= 0.6 is 11.3 Å². The van der Waals surface area contributed by atoms with E-state index in [2.05, 4.69) is 22.0 Å². The van der Waals surface area contributed by atoms with Gasteiger partial charge >= 0.3 is 0 Å². The molecule has 4 rings (SSSR count). The van der Waals surface area contributed by atoms with Crippen LogP contribution in [-0.2, 0) is 11.3 Å². The molecule has 0 N–H and O–H groups in total. The van der Waals surface area contributed by atoms with Crippen LogP contribution in [0.5, 0.6) is 0 Å². The van der Waals surface area contributed by atoms with E-state index in [-0.39, 0.29) is 5.56 Å². The zero-order valence-electron chi connectivity index (χ0n) is 12.5.